The lowest BCUT2D eigenvalue weighted by atomic mass is 9.83. The van der Waals surface area contributed by atoms with Gasteiger partial charge < -0.3 is 19.9 Å². The summed E-state index contributed by atoms with van der Waals surface area (Å²) in [7, 11) is 0. The summed E-state index contributed by atoms with van der Waals surface area (Å²) in [5, 5.41) is 10.0. The quantitative estimate of drug-likeness (QED) is 0.536. The Morgan fingerprint density at radius 1 is 1.29 bits per heavy atom. The molecule has 0 fully saturated rings. The molecule has 0 saturated carbocycles. The number of benzene rings is 2. The smallest absolute Gasteiger partial charge is 0.338 e. The Labute approximate surface area is 194 Å². The molecule has 1 unspecified atom stereocenters. The Kier molecular flexibility index (Phi) is 7.26. The minimum absolute atomic E-state index is 0.0512. The van der Waals surface area contributed by atoms with E-state index in [2.05, 4.69) is 15.9 Å². The number of hydrogen-bond donors (Lipinski definition) is 1. The highest BCUT2D eigenvalue weighted by atomic mass is 79.9. The molecule has 2 aromatic rings. The predicted molar refractivity (Wildman–Crippen MR) is 120 cm³/mol. The number of hydrogen-bond acceptors (Lipinski definition) is 6. The number of ether oxygens (including phenoxy) is 3. The second-order valence-electron chi connectivity index (χ2n) is 6.72. The standard InChI is InChI=1S/C23H20BrClN2O4/c1-3-29-23(28)20-13(2)31-22(27)17(11-26)21(20)15-6-9-19(18(25)10-15)30-12-14-4-7-16(24)8-5-14/h4-10,21H,3,12,27H2,1-2H3. The molecule has 1 heterocycles. The van der Waals surface area contributed by atoms with E-state index >= 15 is 0 Å². The minimum atomic E-state index is -0.754. The maximum atomic E-state index is 12.6. The van der Waals surface area contributed by atoms with Gasteiger partial charge in [0.15, 0.2) is 0 Å². The number of esters is 1. The number of carbonyl (C=O) groups is 1. The summed E-state index contributed by atoms with van der Waals surface area (Å²) in [5.41, 5.74) is 7.84. The fraction of sp³-hybridized carbons (Fsp3) is 0.217. The lowest BCUT2D eigenvalue weighted by Gasteiger charge is -2.27. The van der Waals surface area contributed by atoms with Gasteiger partial charge in [0.1, 0.15) is 29.8 Å². The van der Waals surface area contributed by atoms with Crippen LogP contribution in [0, 0.1) is 11.3 Å². The third-order valence-corrected chi connectivity index (χ3v) is 5.52. The van der Waals surface area contributed by atoms with Crippen LogP contribution >= 0.6 is 27.5 Å². The summed E-state index contributed by atoms with van der Waals surface area (Å²) >= 11 is 9.87. The number of nitrogens with zero attached hydrogens (tertiary/aromatic N) is 1. The topological polar surface area (TPSA) is 94.6 Å². The van der Waals surface area contributed by atoms with Gasteiger partial charge in [0.25, 0.3) is 0 Å². The maximum Gasteiger partial charge on any atom is 0.338 e. The molecule has 31 heavy (non-hydrogen) atoms. The van der Waals surface area contributed by atoms with Gasteiger partial charge in [0.2, 0.25) is 5.88 Å². The Hall–Kier alpha value is -2.95. The van der Waals surface area contributed by atoms with Crippen LogP contribution in [0.1, 0.15) is 30.9 Å². The van der Waals surface area contributed by atoms with Crippen molar-refractivity contribution in [3.05, 3.63) is 85.9 Å². The van der Waals surface area contributed by atoms with Gasteiger partial charge in [-0.05, 0) is 49.2 Å². The number of halogens is 2. The van der Waals surface area contributed by atoms with E-state index < -0.39 is 11.9 Å². The molecule has 0 bridgehead atoms. The predicted octanol–water partition coefficient (Wildman–Crippen LogP) is 5.33. The molecule has 1 aliphatic heterocycles. The van der Waals surface area contributed by atoms with Gasteiger partial charge in [-0.3, -0.25) is 0 Å². The van der Waals surface area contributed by atoms with Crippen molar-refractivity contribution in [1.82, 2.24) is 0 Å². The summed E-state index contributed by atoms with van der Waals surface area (Å²) in [6.07, 6.45) is 0. The maximum absolute atomic E-state index is 12.6. The SMILES string of the molecule is CCOC(=O)C1=C(C)OC(N)=C(C#N)C1c1ccc(OCc2ccc(Br)cc2)c(Cl)c1. The molecule has 0 amide bonds. The highest BCUT2D eigenvalue weighted by Crippen LogP contribution is 2.41. The molecule has 8 heteroatoms. The number of allylic oxidation sites excluding steroid dienone is 2. The lowest BCUT2D eigenvalue weighted by Crippen LogP contribution is -2.25. The highest BCUT2D eigenvalue weighted by molar-refractivity contribution is 9.10. The highest BCUT2D eigenvalue weighted by Gasteiger charge is 2.36. The summed E-state index contributed by atoms with van der Waals surface area (Å²) in [6, 6.07) is 14.9. The van der Waals surface area contributed by atoms with Crippen LogP contribution in [-0.4, -0.2) is 12.6 Å². The normalized spacial score (nSPS) is 15.9. The Morgan fingerprint density at radius 3 is 2.61 bits per heavy atom. The van der Waals surface area contributed by atoms with Crippen molar-refractivity contribution in [2.75, 3.05) is 6.61 Å². The van der Waals surface area contributed by atoms with Gasteiger partial charge in [0, 0.05) is 4.47 Å². The number of nitrogens with two attached hydrogens (primary N) is 1. The van der Waals surface area contributed by atoms with Crippen molar-refractivity contribution < 1.29 is 19.0 Å². The first-order valence-electron chi connectivity index (χ1n) is 9.47. The second kappa shape index (κ2) is 9.90. The third kappa shape index (κ3) is 5.04. The van der Waals surface area contributed by atoms with Gasteiger partial charge in [-0.15, -0.1) is 0 Å². The van der Waals surface area contributed by atoms with Gasteiger partial charge >= 0.3 is 5.97 Å². The van der Waals surface area contributed by atoms with Gasteiger partial charge in [-0.2, -0.15) is 5.26 Å². The van der Waals surface area contributed by atoms with Crippen LogP contribution < -0.4 is 10.5 Å². The monoisotopic (exact) mass is 502 g/mol. The van der Waals surface area contributed by atoms with E-state index in [1.54, 1.807) is 32.0 Å². The van der Waals surface area contributed by atoms with Crippen LogP contribution in [0.3, 0.4) is 0 Å². The second-order valence-corrected chi connectivity index (χ2v) is 8.04. The van der Waals surface area contributed by atoms with E-state index in [9.17, 15) is 10.1 Å². The van der Waals surface area contributed by atoms with Crippen molar-refractivity contribution in [2.45, 2.75) is 26.4 Å². The van der Waals surface area contributed by atoms with Gasteiger partial charge in [-0.1, -0.05) is 45.7 Å². The van der Waals surface area contributed by atoms with E-state index in [-0.39, 0.29) is 29.4 Å². The molecule has 1 atom stereocenters. The third-order valence-electron chi connectivity index (χ3n) is 4.70. The van der Waals surface area contributed by atoms with E-state index in [0.29, 0.717) is 22.9 Å². The molecule has 160 valence electrons. The van der Waals surface area contributed by atoms with Crippen LogP contribution in [0.2, 0.25) is 5.02 Å². The molecule has 0 aromatic heterocycles. The van der Waals surface area contributed by atoms with Crippen LogP contribution in [-0.2, 0) is 20.9 Å². The fourth-order valence-corrected chi connectivity index (χ4v) is 3.75. The van der Waals surface area contributed by atoms with Crippen molar-refractivity contribution in [3.8, 4) is 11.8 Å². The molecule has 0 spiro atoms. The van der Waals surface area contributed by atoms with Crippen LogP contribution in [0.15, 0.2) is 69.7 Å². The van der Waals surface area contributed by atoms with E-state index in [1.807, 2.05) is 30.3 Å². The summed E-state index contributed by atoms with van der Waals surface area (Å²) < 4.78 is 17.4. The molecule has 1 aliphatic rings. The molecule has 3 rings (SSSR count). The summed E-state index contributed by atoms with van der Waals surface area (Å²) in [5.74, 6) is -0.613. The molecule has 2 aromatic carbocycles. The molecular weight excluding hydrogens is 484 g/mol. The molecule has 2 N–H and O–H groups in total. The Morgan fingerprint density at radius 2 is 2.00 bits per heavy atom. The number of carbonyl (C=O) groups excluding carboxylic acids is 1. The molecule has 0 saturated heterocycles. The first-order chi connectivity index (χ1) is 14.8. The minimum Gasteiger partial charge on any atom is -0.487 e. The Bertz CT molecular complexity index is 1100. The van der Waals surface area contributed by atoms with Crippen molar-refractivity contribution in [3.63, 3.8) is 0 Å². The first-order valence-corrected chi connectivity index (χ1v) is 10.6. The molecule has 0 aliphatic carbocycles. The largest absolute Gasteiger partial charge is 0.487 e. The zero-order chi connectivity index (χ0) is 22.5. The van der Waals surface area contributed by atoms with E-state index in [1.165, 1.54) is 0 Å². The lowest BCUT2D eigenvalue weighted by molar-refractivity contribution is -0.139. The molecular formula is C23H20BrClN2O4. The zero-order valence-corrected chi connectivity index (χ0v) is 19.3. The van der Waals surface area contributed by atoms with E-state index in [0.717, 1.165) is 10.0 Å². The van der Waals surface area contributed by atoms with Crippen LogP contribution in [0.4, 0.5) is 0 Å². The summed E-state index contributed by atoms with van der Waals surface area (Å²) in [4.78, 5) is 12.6. The molecule has 6 nitrogen and oxygen atoms in total. The van der Waals surface area contributed by atoms with Gasteiger partial charge in [-0.25, -0.2) is 4.79 Å². The zero-order valence-electron chi connectivity index (χ0n) is 16.9. The molecule has 0 radical (unpaired) electrons. The van der Waals surface area contributed by atoms with E-state index in [4.69, 9.17) is 31.5 Å². The average Bonchev–Trinajstić information content (AvgIpc) is 2.73. The van der Waals surface area contributed by atoms with Crippen molar-refractivity contribution >= 4 is 33.5 Å². The van der Waals surface area contributed by atoms with Crippen LogP contribution in [0.5, 0.6) is 5.75 Å². The number of rotatable bonds is 6. The summed E-state index contributed by atoms with van der Waals surface area (Å²) in [6.45, 7) is 3.84. The van der Waals surface area contributed by atoms with Crippen LogP contribution in [0.25, 0.3) is 0 Å². The first kappa shape index (κ1) is 22.7. The van der Waals surface area contributed by atoms with Gasteiger partial charge in [0.05, 0.1) is 23.1 Å². The Balaban J connectivity index is 1.92. The van der Waals surface area contributed by atoms with Crippen molar-refractivity contribution in [1.29, 1.82) is 5.26 Å². The number of nitriles is 1. The van der Waals surface area contributed by atoms with Crippen molar-refractivity contribution in [2.24, 2.45) is 5.73 Å². The average molecular weight is 504 g/mol. The fourth-order valence-electron chi connectivity index (χ4n) is 3.24.